The van der Waals surface area contributed by atoms with Crippen molar-refractivity contribution in [2.24, 2.45) is 5.92 Å². The van der Waals surface area contributed by atoms with E-state index in [9.17, 15) is 9.59 Å². The summed E-state index contributed by atoms with van der Waals surface area (Å²) in [7, 11) is 0. The van der Waals surface area contributed by atoms with Gasteiger partial charge in [0, 0.05) is 26.1 Å². The van der Waals surface area contributed by atoms with Crippen molar-refractivity contribution >= 4 is 11.8 Å². The monoisotopic (exact) mass is 239 g/mol. The minimum absolute atomic E-state index is 0.0170. The normalized spacial score (nSPS) is 32.8. The van der Waals surface area contributed by atoms with Gasteiger partial charge in [-0.05, 0) is 25.3 Å². The van der Waals surface area contributed by atoms with E-state index in [1.165, 1.54) is 6.92 Å². The second kappa shape index (κ2) is 5.04. The summed E-state index contributed by atoms with van der Waals surface area (Å²) in [5, 5.41) is 6.14. The summed E-state index contributed by atoms with van der Waals surface area (Å²) in [6, 6.07) is 0.110. The molecule has 0 radical (unpaired) electrons. The highest BCUT2D eigenvalue weighted by Gasteiger charge is 2.35. The van der Waals surface area contributed by atoms with E-state index in [0.717, 1.165) is 25.9 Å². The maximum Gasteiger partial charge on any atom is 0.240 e. The van der Waals surface area contributed by atoms with Gasteiger partial charge >= 0.3 is 0 Å². The zero-order valence-electron chi connectivity index (χ0n) is 10.5. The molecule has 0 saturated carbocycles. The van der Waals surface area contributed by atoms with Gasteiger partial charge in [0.25, 0.3) is 0 Å². The van der Waals surface area contributed by atoms with Gasteiger partial charge in [0.2, 0.25) is 11.8 Å². The van der Waals surface area contributed by atoms with E-state index in [-0.39, 0.29) is 23.9 Å². The van der Waals surface area contributed by atoms with Gasteiger partial charge in [0.05, 0.1) is 6.04 Å². The Balaban J connectivity index is 1.87. The Kier molecular flexibility index (Phi) is 3.66. The molecule has 17 heavy (non-hydrogen) atoms. The zero-order valence-corrected chi connectivity index (χ0v) is 10.5. The number of rotatable bonds is 2. The van der Waals surface area contributed by atoms with Crippen LogP contribution in [0.4, 0.5) is 0 Å². The molecule has 2 fully saturated rings. The van der Waals surface area contributed by atoms with Crippen molar-refractivity contribution in [2.45, 2.75) is 38.8 Å². The zero-order chi connectivity index (χ0) is 12.4. The van der Waals surface area contributed by atoms with Crippen LogP contribution in [0, 0.1) is 5.92 Å². The molecule has 2 N–H and O–H groups in total. The van der Waals surface area contributed by atoms with E-state index < -0.39 is 0 Å². The third-order valence-corrected chi connectivity index (χ3v) is 3.71. The van der Waals surface area contributed by atoms with Crippen LogP contribution in [0.15, 0.2) is 0 Å². The van der Waals surface area contributed by atoms with Crippen molar-refractivity contribution in [1.29, 1.82) is 0 Å². The third-order valence-electron chi connectivity index (χ3n) is 3.71. The molecule has 0 aliphatic carbocycles. The van der Waals surface area contributed by atoms with Gasteiger partial charge in [-0.2, -0.15) is 0 Å². The maximum absolute atomic E-state index is 12.2. The number of amides is 2. The lowest BCUT2D eigenvalue weighted by molar-refractivity contribution is -0.133. The van der Waals surface area contributed by atoms with E-state index in [1.54, 1.807) is 0 Å². The molecule has 0 bridgehead atoms. The van der Waals surface area contributed by atoms with E-state index >= 15 is 0 Å². The van der Waals surface area contributed by atoms with Gasteiger partial charge in [0.1, 0.15) is 0 Å². The molecule has 5 heteroatoms. The van der Waals surface area contributed by atoms with Crippen LogP contribution in [0.25, 0.3) is 0 Å². The summed E-state index contributed by atoms with van der Waals surface area (Å²) in [5.41, 5.74) is 0. The van der Waals surface area contributed by atoms with Crippen LogP contribution in [0.2, 0.25) is 0 Å². The first-order chi connectivity index (χ1) is 8.08. The molecule has 2 aliphatic rings. The lowest BCUT2D eigenvalue weighted by Crippen LogP contribution is -2.46. The fraction of sp³-hybridized carbons (Fsp3) is 0.833. The minimum atomic E-state index is -0.0221. The number of hydrogen-bond donors (Lipinski definition) is 2. The SMILES string of the molecule is CC(=O)NC1CCN(C(=O)C2NCCC2C)C1. The predicted octanol–water partition coefficient (Wildman–Crippen LogP) is -0.279. The van der Waals surface area contributed by atoms with Crippen molar-refractivity contribution in [3.63, 3.8) is 0 Å². The highest BCUT2D eigenvalue weighted by molar-refractivity contribution is 5.83. The average molecular weight is 239 g/mol. The number of likely N-dealkylation sites (tertiary alicyclic amines) is 1. The van der Waals surface area contributed by atoms with Crippen molar-refractivity contribution in [2.75, 3.05) is 19.6 Å². The van der Waals surface area contributed by atoms with Crippen LogP contribution in [0.5, 0.6) is 0 Å². The molecule has 0 aromatic heterocycles. The predicted molar refractivity (Wildman–Crippen MR) is 64.4 cm³/mol. The lowest BCUT2D eigenvalue weighted by atomic mass is 10.0. The molecule has 0 aromatic rings. The summed E-state index contributed by atoms with van der Waals surface area (Å²) >= 11 is 0. The average Bonchev–Trinajstić information content (AvgIpc) is 2.85. The molecule has 2 heterocycles. The van der Waals surface area contributed by atoms with E-state index in [0.29, 0.717) is 12.5 Å². The van der Waals surface area contributed by atoms with Crippen LogP contribution < -0.4 is 10.6 Å². The van der Waals surface area contributed by atoms with Gasteiger partial charge in [-0.25, -0.2) is 0 Å². The first-order valence-corrected chi connectivity index (χ1v) is 6.37. The molecular weight excluding hydrogens is 218 g/mol. The molecule has 0 spiro atoms. The first kappa shape index (κ1) is 12.4. The summed E-state index contributed by atoms with van der Waals surface area (Å²) in [4.78, 5) is 25.1. The summed E-state index contributed by atoms with van der Waals surface area (Å²) in [6.45, 7) is 5.98. The molecule has 2 amide bonds. The largest absolute Gasteiger partial charge is 0.352 e. The van der Waals surface area contributed by atoms with E-state index in [2.05, 4.69) is 17.6 Å². The molecule has 3 unspecified atom stereocenters. The van der Waals surface area contributed by atoms with Crippen molar-refractivity contribution in [3.05, 3.63) is 0 Å². The van der Waals surface area contributed by atoms with Crippen molar-refractivity contribution in [3.8, 4) is 0 Å². The summed E-state index contributed by atoms with van der Waals surface area (Å²) < 4.78 is 0. The number of hydrogen-bond acceptors (Lipinski definition) is 3. The van der Waals surface area contributed by atoms with Crippen LogP contribution in [-0.4, -0.2) is 48.4 Å². The molecule has 2 saturated heterocycles. The quantitative estimate of drug-likeness (QED) is 0.697. The Hall–Kier alpha value is -1.10. The molecule has 0 aromatic carbocycles. The van der Waals surface area contributed by atoms with Gasteiger partial charge in [-0.15, -0.1) is 0 Å². The Labute approximate surface area is 102 Å². The first-order valence-electron chi connectivity index (χ1n) is 6.37. The summed E-state index contributed by atoms with van der Waals surface area (Å²) in [5.74, 6) is 0.599. The highest BCUT2D eigenvalue weighted by Crippen LogP contribution is 2.19. The lowest BCUT2D eigenvalue weighted by Gasteiger charge is -2.23. The van der Waals surface area contributed by atoms with Gasteiger partial charge in [-0.3, -0.25) is 9.59 Å². The van der Waals surface area contributed by atoms with Crippen molar-refractivity contribution in [1.82, 2.24) is 15.5 Å². The molecule has 2 rings (SSSR count). The van der Waals surface area contributed by atoms with E-state index in [1.807, 2.05) is 4.90 Å². The van der Waals surface area contributed by atoms with Crippen LogP contribution in [0.3, 0.4) is 0 Å². The molecule has 3 atom stereocenters. The molecular formula is C12H21N3O2. The van der Waals surface area contributed by atoms with Gasteiger partial charge in [0.15, 0.2) is 0 Å². The fourth-order valence-electron chi connectivity index (χ4n) is 2.73. The van der Waals surface area contributed by atoms with Crippen molar-refractivity contribution < 1.29 is 9.59 Å². The van der Waals surface area contributed by atoms with E-state index in [4.69, 9.17) is 0 Å². The Morgan fingerprint density at radius 1 is 1.35 bits per heavy atom. The topological polar surface area (TPSA) is 61.4 Å². The van der Waals surface area contributed by atoms with Gasteiger partial charge in [-0.1, -0.05) is 6.92 Å². The fourth-order valence-corrected chi connectivity index (χ4v) is 2.73. The van der Waals surface area contributed by atoms with Crippen LogP contribution in [-0.2, 0) is 9.59 Å². The van der Waals surface area contributed by atoms with Gasteiger partial charge < -0.3 is 15.5 Å². The number of nitrogens with zero attached hydrogens (tertiary/aromatic N) is 1. The molecule has 96 valence electrons. The third kappa shape index (κ3) is 2.77. The number of carbonyl (C=O) groups is 2. The second-order valence-electron chi connectivity index (χ2n) is 5.17. The Morgan fingerprint density at radius 2 is 2.12 bits per heavy atom. The maximum atomic E-state index is 12.2. The van der Waals surface area contributed by atoms with Crippen LogP contribution >= 0.6 is 0 Å². The number of nitrogens with one attached hydrogen (secondary N) is 2. The molecule has 2 aliphatic heterocycles. The Bertz CT molecular complexity index is 319. The van der Waals surface area contributed by atoms with Crippen LogP contribution in [0.1, 0.15) is 26.7 Å². The summed E-state index contributed by atoms with van der Waals surface area (Å²) in [6.07, 6.45) is 1.94. The highest BCUT2D eigenvalue weighted by atomic mass is 16.2. The standard InChI is InChI=1S/C12H21N3O2/c1-8-3-5-13-11(8)12(17)15-6-4-10(7-15)14-9(2)16/h8,10-11,13H,3-7H2,1-2H3,(H,14,16). The smallest absolute Gasteiger partial charge is 0.240 e. The number of carbonyl (C=O) groups excluding carboxylic acids is 2. The molecule has 5 nitrogen and oxygen atoms in total. The minimum Gasteiger partial charge on any atom is -0.352 e. The second-order valence-corrected chi connectivity index (χ2v) is 5.17. The Morgan fingerprint density at radius 3 is 2.71 bits per heavy atom.